The van der Waals surface area contributed by atoms with Gasteiger partial charge in [-0.05, 0) is 15.9 Å². The lowest BCUT2D eigenvalue weighted by Crippen LogP contribution is -2.35. The van der Waals surface area contributed by atoms with E-state index in [0.29, 0.717) is 6.54 Å². The van der Waals surface area contributed by atoms with E-state index in [2.05, 4.69) is 30.4 Å². The highest BCUT2D eigenvalue weighted by atomic mass is 79.9. The Labute approximate surface area is 84.7 Å². The molecule has 4 nitrogen and oxygen atoms in total. The van der Waals surface area contributed by atoms with Crippen molar-refractivity contribution in [2.24, 2.45) is 0 Å². The van der Waals surface area contributed by atoms with Crippen molar-refractivity contribution in [1.82, 2.24) is 14.5 Å². The van der Waals surface area contributed by atoms with Gasteiger partial charge in [0.25, 0.3) is 0 Å². The molecule has 0 saturated carbocycles. The molecule has 0 aromatic carbocycles. The minimum absolute atomic E-state index is 0.504. The Hall–Kier alpha value is -0.680. The summed E-state index contributed by atoms with van der Waals surface area (Å²) in [6.07, 6.45) is 2.74. The average molecular weight is 244 g/mol. The first kappa shape index (κ1) is 8.90. The largest absolute Gasteiger partial charge is 0.320 e. The van der Waals surface area contributed by atoms with Crippen LogP contribution in [0.2, 0.25) is 0 Å². The fourth-order valence-corrected chi connectivity index (χ4v) is 2.02. The molecule has 1 aliphatic heterocycles. The van der Waals surface area contributed by atoms with Gasteiger partial charge in [-0.2, -0.15) is 0 Å². The number of carbonyl (C=O) groups is 1. The number of nitrogens with zero attached hydrogens (tertiary/aromatic N) is 3. The van der Waals surface area contributed by atoms with Crippen LogP contribution in [0.15, 0.2) is 10.8 Å². The zero-order chi connectivity index (χ0) is 9.26. The first-order valence-electron chi connectivity index (χ1n) is 4.17. The minimum Gasteiger partial charge on any atom is -0.320 e. The number of carbonyl (C=O) groups excluding carboxylic acids is 1. The molecule has 2 rings (SSSR count). The fraction of sp³-hybridized carbons (Fsp3) is 0.500. The third-order valence-electron chi connectivity index (χ3n) is 2.23. The molecule has 13 heavy (non-hydrogen) atoms. The van der Waals surface area contributed by atoms with E-state index in [1.807, 2.05) is 0 Å². The summed E-state index contributed by atoms with van der Waals surface area (Å²) in [6.45, 7) is 3.10. The van der Waals surface area contributed by atoms with Gasteiger partial charge in [0.15, 0.2) is 0 Å². The smallest absolute Gasteiger partial charge is 0.133 e. The van der Waals surface area contributed by atoms with E-state index in [-0.39, 0.29) is 0 Å². The molecular formula is C8H10BrN3O. The monoisotopic (exact) mass is 243 g/mol. The highest BCUT2D eigenvalue weighted by Crippen LogP contribution is 2.17. The van der Waals surface area contributed by atoms with E-state index in [4.69, 9.17) is 0 Å². The molecule has 0 atom stereocenters. The quantitative estimate of drug-likeness (QED) is 0.717. The Morgan fingerprint density at radius 1 is 1.62 bits per heavy atom. The Morgan fingerprint density at radius 3 is 3.23 bits per heavy atom. The Morgan fingerprint density at radius 2 is 2.46 bits per heavy atom. The second-order valence-corrected chi connectivity index (χ2v) is 3.86. The maximum Gasteiger partial charge on any atom is 0.133 e. The van der Waals surface area contributed by atoms with Crippen molar-refractivity contribution in [3.63, 3.8) is 0 Å². The zero-order valence-corrected chi connectivity index (χ0v) is 8.70. The number of imidazole rings is 1. The van der Waals surface area contributed by atoms with Gasteiger partial charge in [-0.15, -0.1) is 0 Å². The number of halogens is 1. The number of aldehydes is 1. The van der Waals surface area contributed by atoms with Crippen LogP contribution in [-0.4, -0.2) is 33.8 Å². The molecule has 2 heterocycles. The van der Waals surface area contributed by atoms with Crippen molar-refractivity contribution in [2.75, 3.05) is 13.1 Å². The molecule has 5 heteroatoms. The summed E-state index contributed by atoms with van der Waals surface area (Å²) in [4.78, 5) is 16.6. The van der Waals surface area contributed by atoms with E-state index in [1.54, 1.807) is 6.20 Å². The molecule has 1 aliphatic rings. The highest BCUT2D eigenvalue weighted by molar-refractivity contribution is 9.10. The first-order chi connectivity index (χ1) is 6.31. The van der Waals surface area contributed by atoms with Gasteiger partial charge in [-0.3, -0.25) is 4.90 Å². The van der Waals surface area contributed by atoms with Crippen LogP contribution in [0.5, 0.6) is 0 Å². The molecule has 0 spiro atoms. The maximum absolute atomic E-state index is 10.3. The summed E-state index contributed by atoms with van der Waals surface area (Å²) in [5, 5.41) is 0. The number of aromatic nitrogens is 2. The molecule has 70 valence electrons. The molecule has 0 bridgehead atoms. The van der Waals surface area contributed by atoms with Gasteiger partial charge in [0.2, 0.25) is 0 Å². The second-order valence-electron chi connectivity index (χ2n) is 3.05. The highest BCUT2D eigenvalue weighted by Gasteiger charge is 2.17. The van der Waals surface area contributed by atoms with Crippen molar-refractivity contribution >= 4 is 22.2 Å². The molecule has 0 radical (unpaired) electrons. The first-order valence-corrected chi connectivity index (χ1v) is 4.96. The third kappa shape index (κ3) is 1.66. The molecule has 0 saturated heterocycles. The number of hydrogen-bond donors (Lipinski definition) is 0. The SMILES string of the molecule is O=CCN1CCn2c(Br)cnc2C1. The molecule has 0 fully saturated rings. The summed E-state index contributed by atoms with van der Waals surface area (Å²) in [5.41, 5.74) is 0. The minimum atomic E-state index is 0.504. The second kappa shape index (κ2) is 3.59. The Kier molecular flexibility index (Phi) is 2.46. The lowest BCUT2D eigenvalue weighted by molar-refractivity contribution is -0.109. The predicted octanol–water partition coefficient (Wildman–Crippen LogP) is 0.660. The van der Waals surface area contributed by atoms with Gasteiger partial charge in [-0.1, -0.05) is 0 Å². The van der Waals surface area contributed by atoms with Gasteiger partial charge in [-0.25, -0.2) is 4.98 Å². The molecule has 0 aliphatic carbocycles. The molecule has 1 aromatic heterocycles. The third-order valence-corrected chi connectivity index (χ3v) is 2.86. The molecule has 0 unspecified atom stereocenters. The van der Waals surface area contributed by atoms with Gasteiger partial charge < -0.3 is 9.36 Å². The Bertz CT molecular complexity index is 323. The van der Waals surface area contributed by atoms with Crippen LogP contribution in [0, 0.1) is 0 Å². The summed E-state index contributed by atoms with van der Waals surface area (Å²) >= 11 is 3.42. The van der Waals surface area contributed by atoms with Gasteiger partial charge in [0.1, 0.15) is 16.7 Å². The van der Waals surface area contributed by atoms with E-state index >= 15 is 0 Å². The summed E-state index contributed by atoms with van der Waals surface area (Å²) in [5.74, 6) is 1.03. The van der Waals surface area contributed by atoms with Crippen LogP contribution >= 0.6 is 15.9 Å². The zero-order valence-electron chi connectivity index (χ0n) is 7.11. The standard InChI is InChI=1S/C8H10BrN3O/c9-7-5-10-8-6-11(3-4-13)1-2-12(7)8/h4-5H,1-3,6H2. The lowest BCUT2D eigenvalue weighted by Gasteiger charge is -2.25. The lowest BCUT2D eigenvalue weighted by atomic mass is 10.3. The predicted molar refractivity (Wildman–Crippen MR) is 51.3 cm³/mol. The van der Waals surface area contributed by atoms with E-state index in [0.717, 1.165) is 36.3 Å². The van der Waals surface area contributed by atoms with Crippen LogP contribution in [0.1, 0.15) is 5.82 Å². The van der Waals surface area contributed by atoms with Crippen LogP contribution in [-0.2, 0) is 17.9 Å². The maximum atomic E-state index is 10.3. The van der Waals surface area contributed by atoms with Crippen molar-refractivity contribution in [3.8, 4) is 0 Å². The Balaban J connectivity index is 2.15. The van der Waals surface area contributed by atoms with Crippen molar-refractivity contribution in [2.45, 2.75) is 13.1 Å². The normalized spacial score (nSPS) is 17.0. The molecular weight excluding hydrogens is 234 g/mol. The van der Waals surface area contributed by atoms with Crippen molar-refractivity contribution < 1.29 is 4.79 Å². The van der Waals surface area contributed by atoms with Gasteiger partial charge in [0.05, 0.1) is 19.3 Å². The number of rotatable bonds is 2. The summed E-state index contributed by atoms with van der Waals surface area (Å²) < 4.78 is 3.15. The van der Waals surface area contributed by atoms with Gasteiger partial charge in [0, 0.05) is 13.1 Å². The molecule has 1 aromatic rings. The van der Waals surface area contributed by atoms with Gasteiger partial charge >= 0.3 is 0 Å². The van der Waals surface area contributed by atoms with Crippen LogP contribution in [0.3, 0.4) is 0 Å². The van der Waals surface area contributed by atoms with E-state index < -0.39 is 0 Å². The van der Waals surface area contributed by atoms with Crippen LogP contribution in [0.4, 0.5) is 0 Å². The van der Waals surface area contributed by atoms with Crippen LogP contribution in [0.25, 0.3) is 0 Å². The number of hydrogen-bond acceptors (Lipinski definition) is 3. The summed E-state index contributed by atoms with van der Waals surface area (Å²) in [6, 6.07) is 0. The number of fused-ring (bicyclic) bond motifs is 1. The fourth-order valence-electron chi connectivity index (χ4n) is 1.53. The van der Waals surface area contributed by atoms with E-state index in [9.17, 15) is 4.79 Å². The van der Waals surface area contributed by atoms with Crippen molar-refractivity contribution in [3.05, 3.63) is 16.6 Å². The van der Waals surface area contributed by atoms with Crippen molar-refractivity contribution in [1.29, 1.82) is 0 Å². The molecule has 0 N–H and O–H groups in total. The van der Waals surface area contributed by atoms with Crippen LogP contribution < -0.4 is 0 Å². The average Bonchev–Trinajstić information content (AvgIpc) is 2.48. The van der Waals surface area contributed by atoms with E-state index in [1.165, 1.54) is 0 Å². The molecule has 0 amide bonds. The summed E-state index contributed by atoms with van der Waals surface area (Å²) in [7, 11) is 0. The topological polar surface area (TPSA) is 38.1 Å².